The zero-order chi connectivity index (χ0) is 12.0. The maximum absolute atomic E-state index is 10.5. The Morgan fingerprint density at radius 1 is 0.667 bits per heavy atom. The van der Waals surface area contributed by atoms with Gasteiger partial charge in [-0.05, 0) is 35.1 Å². The summed E-state index contributed by atoms with van der Waals surface area (Å²) in [5, 5.41) is 24.2. The number of hydrogen-bond acceptors (Lipinski definition) is 2. The van der Waals surface area contributed by atoms with E-state index in [0.717, 1.165) is 34.4 Å². The first-order chi connectivity index (χ1) is 8.77. The van der Waals surface area contributed by atoms with Crippen LogP contribution in [0.15, 0.2) is 24.3 Å². The predicted octanol–water partition coefficient (Wildman–Crippen LogP) is 3.21. The molecule has 0 fully saturated rings. The minimum atomic E-state index is 0.335. The standard InChI is InChI=1S/C16H10O2/c17-15-7-3-1-2-4-8(7)16(18)14-12-6-10(12)9-5-11(9)13(14)15/h1-4,17-18H,5-6H2. The van der Waals surface area contributed by atoms with Gasteiger partial charge in [0.15, 0.2) is 0 Å². The lowest BCUT2D eigenvalue weighted by Gasteiger charge is -2.08. The summed E-state index contributed by atoms with van der Waals surface area (Å²) in [4.78, 5) is 0. The van der Waals surface area contributed by atoms with E-state index in [2.05, 4.69) is 0 Å². The molecule has 2 heteroatoms. The topological polar surface area (TPSA) is 40.5 Å². The summed E-state index contributed by atoms with van der Waals surface area (Å²) in [6, 6.07) is 7.51. The first kappa shape index (κ1) is 8.81. The Bertz CT molecular complexity index is 817. The summed E-state index contributed by atoms with van der Waals surface area (Å²) in [7, 11) is 0. The van der Waals surface area contributed by atoms with Crippen LogP contribution in [0.25, 0.3) is 21.5 Å². The molecule has 3 aromatic carbocycles. The third-order valence-corrected chi connectivity index (χ3v) is 4.31. The van der Waals surface area contributed by atoms with Gasteiger partial charge in [-0.25, -0.2) is 0 Å². The van der Waals surface area contributed by atoms with Gasteiger partial charge in [0, 0.05) is 21.5 Å². The quantitative estimate of drug-likeness (QED) is 0.319. The van der Waals surface area contributed by atoms with E-state index in [1.54, 1.807) is 0 Å². The molecule has 2 N–H and O–H groups in total. The first-order valence-corrected chi connectivity index (χ1v) is 6.19. The average molecular weight is 234 g/mol. The maximum Gasteiger partial charge on any atom is 0.131 e. The molecule has 0 heterocycles. The lowest BCUT2D eigenvalue weighted by Crippen LogP contribution is -1.81. The van der Waals surface area contributed by atoms with E-state index in [4.69, 9.17) is 0 Å². The summed E-state index contributed by atoms with van der Waals surface area (Å²) < 4.78 is 0. The minimum Gasteiger partial charge on any atom is -0.507 e. The van der Waals surface area contributed by atoms with Crippen molar-refractivity contribution in [3.63, 3.8) is 0 Å². The van der Waals surface area contributed by atoms with Crippen LogP contribution in [-0.4, -0.2) is 10.2 Å². The molecule has 2 nitrogen and oxygen atoms in total. The summed E-state index contributed by atoms with van der Waals surface area (Å²) >= 11 is 0. The molecule has 0 unspecified atom stereocenters. The Morgan fingerprint density at radius 3 is 1.56 bits per heavy atom. The monoisotopic (exact) mass is 234 g/mol. The molecular formula is C16H10O2. The van der Waals surface area contributed by atoms with Crippen molar-refractivity contribution < 1.29 is 10.2 Å². The van der Waals surface area contributed by atoms with E-state index in [0.29, 0.717) is 11.5 Å². The Balaban J connectivity index is 2.17. The van der Waals surface area contributed by atoms with Gasteiger partial charge < -0.3 is 10.2 Å². The van der Waals surface area contributed by atoms with Gasteiger partial charge in [-0.2, -0.15) is 0 Å². The van der Waals surface area contributed by atoms with E-state index in [1.807, 2.05) is 24.3 Å². The minimum absolute atomic E-state index is 0.335. The van der Waals surface area contributed by atoms with Crippen molar-refractivity contribution in [3.05, 3.63) is 46.5 Å². The lowest BCUT2D eigenvalue weighted by molar-refractivity contribution is 0.478. The fraction of sp³-hybridized carbons (Fsp3) is 0.125. The molecule has 86 valence electrons. The Morgan fingerprint density at radius 2 is 1.11 bits per heavy atom. The molecule has 2 aliphatic carbocycles. The molecule has 0 aliphatic heterocycles. The van der Waals surface area contributed by atoms with Crippen molar-refractivity contribution in [2.24, 2.45) is 0 Å². The highest BCUT2D eigenvalue weighted by Gasteiger charge is 2.38. The van der Waals surface area contributed by atoms with Crippen molar-refractivity contribution in [2.45, 2.75) is 12.8 Å². The smallest absolute Gasteiger partial charge is 0.131 e. The normalized spacial score (nSPS) is 14.7. The Labute approximate surface area is 103 Å². The van der Waals surface area contributed by atoms with Crippen LogP contribution < -0.4 is 0 Å². The van der Waals surface area contributed by atoms with Crippen LogP contribution in [0.2, 0.25) is 0 Å². The molecule has 2 aliphatic rings. The van der Waals surface area contributed by atoms with Gasteiger partial charge in [0.25, 0.3) is 0 Å². The second kappa shape index (κ2) is 2.46. The maximum atomic E-state index is 10.5. The molecule has 5 rings (SSSR count). The lowest BCUT2D eigenvalue weighted by atomic mass is 10.0. The number of hydrogen-bond donors (Lipinski definition) is 2. The number of phenols is 2. The van der Waals surface area contributed by atoms with Gasteiger partial charge in [0.1, 0.15) is 11.5 Å². The molecular weight excluding hydrogens is 224 g/mol. The molecule has 0 saturated heterocycles. The van der Waals surface area contributed by atoms with E-state index < -0.39 is 0 Å². The van der Waals surface area contributed by atoms with Gasteiger partial charge in [0.05, 0.1) is 0 Å². The third kappa shape index (κ3) is 0.808. The van der Waals surface area contributed by atoms with Crippen LogP contribution in [0.4, 0.5) is 0 Å². The van der Waals surface area contributed by atoms with Crippen LogP contribution in [0, 0.1) is 0 Å². The molecule has 0 radical (unpaired) electrons. The predicted molar refractivity (Wildman–Crippen MR) is 70.4 cm³/mol. The number of phenolic OH excluding ortho intramolecular Hbond substituents is 2. The van der Waals surface area contributed by atoms with Crippen LogP contribution in [0.5, 0.6) is 11.5 Å². The van der Waals surface area contributed by atoms with E-state index in [-0.39, 0.29) is 0 Å². The van der Waals surface area contributed by atoms with E-state index in [1.165, 1.54) is 22.3 Å². The van der Waals surface area contributed by atoms with Gasteiger partial charge >= 0.3 is 0 Å². The second-order valence-electron chi connectivity index (χ2n) is 5.26. The fourth-order valence-corrected chi connectivity index (χ4v) is 3.31. The Hall–Kier alpha value is -2.22. The molecule has 18 heavy (non-hydrogen) atoms. The van der Waals surface area contributed by atoms with Crippen molar-refractivity contribution in [1.29, 1.82) is 0 Å². The molecule has 3 aromatic rings. The van der Waals surface area contributed by atoms with Crippen LogP contribution in [0.1, 0.15) is 22.3 Å². The van der Waals surface area contributed by atoms with Crippen LogP contribution >= 0.6 is 0 Å². The van der Waals surface area contributed by atoms with Gasteiger partial charge in [0.2, 0.25) is 0 Å². The number of aromatic hydroxyl groups is 2. The zero-order valence-corrected chi connectivity index (χ0v) is 9.62. The summed E-state index contributed by atoms with van der Waals surface area (Å²) in [5.41, 5.74) is 5.28. The Kier molecular flexibility index (Phi) is 1.20. The molecule has 0 aromatic heterocycles. The number of rotatable bonds is 0. The van der Waals surface area contributed by atoms with Gasteiger partial charge in [-0.15, -0.1) is 0 Å². The molecule has 0 amide bonds. The summed E-state index contributed by atoms with van der Waals surface area (Å²) in [6.45, 7) is 0. The SMILES string of the molecule is Oc1c2ccccc2c(O)c2c3c(c4c(c12)C4)C3. The largest absolute Gasteiger partial charge is 0.507 e. The average Bonchev–Trinajstić information content (AvgIpc) is 3.24. The highest BCUT2D eigenvalue weighted by molar-refractivity contribution is 6.16. The highest BCUT2D eigenvalue weighted by atomic mass is 16.3. The summed E-state index contributed by atoms with van der Waals surface area (Å²) in [5.74, 6) is 0.670. The molecule has 0 atom stereocenters. The van der Waals surface area contributed by atoms with Crippen LogP contribution in [-0.2, 0) is 12.8 Å². The number of fused-ring (bicyclic) bond motifs is 7. The van der Waals surface area contributed by atoms with Gasteiger partial charge in [-0.1, -0.05) is 24.3 Å². The third-order valence-electron chi connectivity index (χ3n) is 4.31. The number of benzene rings is 3. The van der Waals surface area contributed by atoms with E-state index in [9.17, 15) is 10.2 Å². The second-order valence-corrected chi connectivity index (χ2v) is 5.26. The van der Waals surface area contributed by atoms with E-state index >= 15 is 0 Å². The zero-order valence-electron chi connectivity index (χ0n) is 9.62. The molecule has 0 spiro atoms. The molecule has 0 bridgehead atoms. The van der Waals surface area contributed by atoms with Crippen molar-refractivity contribution in [1.82, 2.24) is 0 Å². The van der Waals surface area contributed by atoms with Crippen LogP contribution in [0.3, 0.4) is 0 Å². The van der Waals surface area contributed by atoms with Crippen molar-refractivity contribution in [3.8, 4) is 11.5 Å². The molecule has 0 saturated carbocycles. The summed E-state index contributed by atoms with van der Waals surface area (Å²) in [6.07, 6.45) is 1.97. The van der Waals surface area contributed by atoms with Gasteiger partial charge in [-0.3, -0.25) is 0 Å². The first-order valence-electron chi connectivity index (χ1n) is 6.19. The van der Waals surface area contributed by atoms with Crippen molar-refractivity contribution in [2.75, 3.05) is 0 Å². The highest BCUT2D eigenvalue weighted by Crippen LogP contribution is 2.56. The fourth-order valence-electron chi connectivity index (χ4n) is 3.31. The van der Waals surface area contributed by atoms with Crippen molar-refractivity contribution >= 4 is 21.5 Å².